The number of imide groups is 1. The molecular weight excluding hydrogens is 519 g/mol. The minimum Gasteiger partial charge on any atom is -0.368 e. The number of amides is 2. The van der Waals surface area contributed by atoms with Gasteiger partial charge in [0.05, 0.1) is 36.1 Å². The van der Waals surface area contributed by atoms with Crippen LogP contribution >= 0.6 is 11.6 Å². The summed E-state index contributed by atoms with van der Waals surface area (Å²) in [5, 5.41) is 8.28. The molecule has 3 aliphatic heterocycles. The van der Waals surface area contributed by atoms with Crippen molar-refractivity contribution in [1.29, 1.82) is 0 Å². The Kier molecular flexibility index (Phi) is 5.59. The van der Waals surface area contributed by atoms with Crippen LogP contribution in [-0.2, 0) is 22.6 Å². The summed E-state index contributed by atoms with van der Waals surface area (Å²) in [6.45, 7) is 6.65. The fraction of sp³-hybridized carbons (Fsp3) is 0.517. The number of hydrogen-bond acceptors (Lipinski definition) is 6. The monoisotopic (exact) mass is 550 g/mol. The lowest BCUT2D eigenvalue weighted by Gasteiger charge is -2.40. The maximum atomic E-state index is 15.9. The number of rotatable bonds is 5. The van der Waals surface area contributed by atoms with E-state index >= 15 is 4.39 Å². The molecule has 1 aliphatic carbocycles. The zero-order chi connectivity index (χ0) is 27.1. The molecule has 7 rings (SSSR count). The van der Waals surface area contributed by atoms with Crippen LogP contribution in [-0.4, -0.2) is 63.2 Å². The third-order valence-electron chi connectivity index (χ3n) is 9.27. The van der Waals surface area contributed by atoms with E-state index in [-0.39, 0.29) is 35.6 Å². The number of benzene rings is 1. The summed E-state index contributed by atoms with van der Waals surface area (Å²) in [6, 6.07) is 5.83. The Hall–Kier alpha value is -3.04. The summed E-state index contributed by atoms with van der Waals surface area (Å²) in [5.41, 5.74) is 3.71. The number of likely N-dealkylation sites (tertiary alicyclic amines) is 1. The van der Waals surface area contributed by atoms with Gasteiger partial charge in [0.15, 0.2) is 0 Å². The third-order valence-corrected chi connectivity index (χ3v) is 9.49. The molecular formula is C29H32ClFN6O2. The number of anilines is 1. The van der Waals surface area contributed by atoms with Crippen molar-refractivity contribution in [2.45, 2.75) is 51.7 Å². The number of nitrogens with zero attached hydrogens (tertiary/aromatic N) is 5. The first-order valence-corrected chi connectivity index (χ1v) is 14.2. The van der Waals surface area contributed by atoms with Gasteiger partial charge in [0.1, 0.15) is 12.0 Å². The van der Waals surface area contributed by atoms with Crippen LogP contribution in [0.1, 0.15) is 44.2 Å². The normalized spacial score (nSPS) is 25.2. The summed E-state index contributed by atoms with van der Waals surface area (Å²) in [4.78, 5) is 34.1. The van der Waals surface area contributed by atoms with Gasteiger partial charge >= 0.3 is 0 Å². The summed E-state index contributed by atoms with van der Waals surface area (Å²) < 4.78 is 17.6. The highest BCUT2D eigenvalue weighted by atomic mass is 35.5. The molecule has 2 aromatic heterocycles. The summed E-state index contributed by atoms with van der Waals surface area (Å²) >= 11 is 6.61. The van der Waals surface area contributed by atoms with E-state index in [0.717, 1.165) is 47.3 Å². The van der Waals surface area contributed by atoms with Gasteiger partial charge in [-0.1, -0.05) is 25.4 Å². The Bertz CT molecular complexity index is 1490. The Morgan fingerprint density at radius 1 is 1.13 bits per heavy atom. The molecule has 2 amide bonds. The number of nitrogens with one attached hydrogen (secondary N) is 1. The molecule has 39 heavy (non-hydrogen) atoms. The number of alkyl halides is 1. The van der Waals surface area contributed by atoms with Gasteiger partial charge in [-0.3, -0.25) is 14.5 Å². The van der Waals surface area contributed by atoms with Crippen LogP contribution < -0.4 is 10.2 Å². The van der Waals surface area contributed by atoms with Crippen molar-refractivity contribution in [3.05, 3.63) is 46.9 Å². The van der Waals surface area contributed by atoms with Crippen molar-refractivity contribution in [3.63, 3.8) is 0 Å². The summed E-state index contributed by atoms with van der Waals surface area (Å²) in [7, 11) is 0. The average Bonchev–Trinajstić information content (AvgIpc) is 3.14. The fourth-order valence-corrected chi connectivity index (χ4v) is 7.37. The predicted octanol–water partition coefficient (Wildman–Crippen LogP) is 4.04. The van der Waals surface area contributed by atoms with Crippen LogP contribution in [0, 0.1) is 17.3 Å². The second-order valence-corrected chi connectivity index (χ2v) is 12.6. The number of carbonyl (C=O) groups excluding carboxylic acids is 2. The quantitative estimate of drug-likeness (QED) is 0.483. The number of halogens is 2. The van der Waals surface area contributed by atoms with Gasteiger partial charge in [0, 0.05) is 29.0 Å². The fourth-order valence-electron chi connectivity index (χ4n) is 7.13. The number of aryl methyl sites for hydroxylation is 1. The van der Waals surface area contributed by atoms with Crippen molar-refractivity contribution < 1.29 is 14.0 Å². The highest BCUT2D eigenvalue weighted by molar-refractivity contribution is 6.31. The topological polar surface area (TPSA) is 82.8 Å². The first kappa shape index (κ1) is 25.0. The number of carbonyl (C=O) groups is 2. The van der Waals surface area contributed by atoms with E-state index in [0.29, 0.717) is 43.2 Å². The molecule has 2 saturated heterocycles. The average molecular weight is 551 g/mol. The van der Waals surface area contributed by atoms with Crippen molar-refractivity contribution in [2.75, 3.05) is 31.1 Å². The molecule has 4 aliphatic rings. The number of piperidine rings is 2. The van der Waals surface area contributed by atoms with Crippen LogP contribution in [0.5, 0.6) is 0 Å². The van der Waals surface area contributed by atoms with E-state index in [1.807, 2.05) is 38.2 Å². The van der Waals surface area contributed by atoms with E-state index in [4.69, 9.17) is 11.6 Å². The largest absolute Gasteiger partial charge is 0.368 e. The summed E-state index contributed by atoms with van der Waals surface area (Å²) in [5.74, 6) is -0.594. The molecule has 1 aromatic carbocycles. The zero-order valence-electron chi connectivity index (χ0n) is 22.2. The second-order valence-electron chi connectivity index (χ2n) is 12.2. The molecule has 2 atom stereocenters. The van der Waals surface area contributed by atoms with Gasteiger partial charge in [0.2, 0.25) is 11.8 Å². The molecule has 3 aromatic rings. The van der Waals surface area contributed by atoms with E-state index in [2.05, 4.69) is 20.3 Å². The maximum Gasteiger partial charge on any atom is 0.233 e. The standard InChI is InChI=1S/C29H32ClFN6O2/c1-28(2)22-23(28)27(39)36(26(22)38)13-17-10-21-24(33-16-34-37(21)14-17)20-12-19(30)11-18-4-3-9-35(25(18)20)15-29(31)5-7-32-8-6-29/h10-12,14,16,22-23,32H,3-9,13,15H2,1-2H3. The lowest BCUT2D eigenvalue weighted by atomic mass is 9.90. The highest BCUT2D eigenvalue weighted by Gasteiger charge is 2.72. The number of hydrogen-bond donors (Lipinski definition) is 1. The maximum absolute atomic E-state index is 15.9. The predicted molar refractivity (Wildman–Crippen MR) is 146 cm³/mol. The van der Waals surface area contributed by atoms with Crippen LogP contribution in [0.2, 0.25) is 5.02 Å². The molecule has 0 radical (unpaired) electrons. The third kappa shape index (κ3) is 3.96. The lowest BCUT2D eigenvalue weighted by Crippen LogP contribution is -2.48. The SMILES string of the molecule is CC1(C)C2C(=O)N(Cc3cc4c(-c5cc(Cl)cc6c5N(CC5(F)CCNCC5)CCC6)ncnn4c3)C(=O)C21. The van der Waals surface area contributed by atoms with Crippen LogP contribution in [0.3, 0.4) is 0 Å². The van der Waals surface area contributed by atoms with Gasteiger partial charge in [-0.2, -0.15) is 5.10 Å². The Labute approximate surface area is 231 Å². The molecule has 1 saturated carbocycles. The highest BCUT2D eigenvalue weighted by Crippen LogP contribution is 2.63. The first-order valence-electron chi connectivity index (χ1n) is 13.8. The van der Waals surface area contributed by atoms with Crippen LogP contribution in [0.4, 0.5) is 10.1 Å². The van der Waals surface area contributed by atoms with Crippen LogP contribution in [0.15, 0.2) is 30.7 Å². The molecule has 5 heterocycles. The van der Waals surface area contributed by atoms with E-state index in [1.54, 1.807) is 4.52 Å². The van der Waals surface area contributed by atoms with Crippen LogP contribution in [0.25, 0.3) is 16.8 Å². The minimum absolute atomic E-state index is 0.0887. The van der Waals surface area contributed by atoms with E-state index in [1.165, 1.54) is 11.2 Å². The molecule has 10 heteroatoms. The van der Waals surface area contributed by atoms with E-state index < -0.39 is 5.67 Å². The Morgan fingerprint density at radius 2 is 1.87 bits per heavy atom. The van der Waals surface area contributed by atoms with Gasteiger partial charge in [-0.15, -0.1) is 0 Å². The Balaban J connectivity index is 1.25. The van der Waals surface area contributed by atoms with Gasteiger partial charge in [0.25, 0.3) is 0 Å². The smallest absolute Gasteiger partial charge is 0.233 e. The summed E-state index contributed by atoms with van der Waals surface area (Å²) in [6.07, 6.45) is 6.14. The van der Waals surface area contributed by atoms with Crippen molar-refractivity contribution in [2.24, 2.45) is 17.3 Å². The molecule has 1 N–H and O–H groups in total. The molecule has 3 fully saturated rings. The lowest BCUT2D eigenvalue weighted by molar-refractivity contribution is -0.143. The first-order chi connectivity index (χ1) is 18.7. The molecule has 8 nitrogen and oxygen atoms in total. The van der Waals surface area contributed by atoms with Crippen molar-refractivity contribution in [1.82, 2.24) is 24.8 Å². The minimum atomic E-state index is -1.25. The van der Waals surface area contributed by atoms with Gasteiger partial charge < -0.3 is 10.2 Å². The number of aromatic nitrogens is 3. The molecule has 0 spiro atoms. The molecule has 204 valence electrons. The Morgan fingerprint density at radius 3 is 2.62 bits per heavy atom. The van der Waals surface area contributed by atoms with Gasteiger partial charge in [-0.05, 0) is 73.5 Å². The second kappa shape index (κ2) is 8.73. The van der Waals surface area contributed by atoms with Gasteiger partial charge in [-0.25, -0.2) is 13.9 Å². The molecule has 0 bridgehead atoms. The van der Waals surface area contributed by atoms with Crippen molar-refractivity contribution >= 4 is 34.6 Å². The zero-order valence-corrected chi connectivity index (χ0v) is 23.0. The molecule has 2 unspecified atom stereocenters. The number of fused-ring (bicyclic) bond motifs is 3. The van der Waals surface area contributed by atoms with Crippen molar-refractivity contribution in [3.8, 4) is 11.3 Å². The van der Waals surface area contributed by atoms with E-state index in [9.17, 15) is 9.59 Å².